The van der Waals surface area contributed by atoms with Gasteiger partial charge < -0.3 is 4.74 Å². The van der Waals surface area contributed by atoms with Crippen LogP contribution in [-0.2, 0) is 6.42 Å². The van der Waals surface area contributed by atoms with Crippen molar-refractivity contribution < 1.29 is 4.74 Å². The summed E-state index contributed by atoms with van der Waals surface area (Å²) >= 11 is 0. The van der Waals surface area contributed by atoms with E-state index in [-0.39, 0.29) is 0 Å². The maximum atomic E-state index is 5.68. The molecule has 0 aliphatic rings. The summed E-state index contributed by atoms with van der Waals surface area (Å²) in [5, 5.41) is 0. The SMILES string of the molecule is CCCCCc1ccc(C=Cc2ccc(OCCCC)cc2)nc1. The third-order valence-electron chi connectivity index (χ3n) is 4.01. The number of unbranched alkanes of at least 4 members (excludes halogenated alkanes) is 3. The monoisotopic (exact) mass is 323 g/mol. The number of hydrogen-bond acceptors (Lipinski definition) is 2. The van der Waals surface area contributed by atoms with Gasteiger partial charge in [-0.25, -0.2) is 0 Å². The second-order valence-corrected chi connectivity index (χ2v) is 6.15. The van der Waals surface area contributed by atoms with Crippen LogP contribution in [0.3, 0.4) is 0 Å². The number of aromatic nitrogens is 1. The average Bonchev–Trinajstić information content (AvgIpc) is 2.63. The minimum Gasteiger partial charge on any atom is -0.494 e. The van der Waals surface area contributed by atoms with E-state index < -0.39 is 0 Å². The van der Waals surface area contributed by atoms with Gasteiger partial charge in [-0.1, -0.05) is 57.4 Å². The molecule has 0 radical (unpaired) electrons. The Hall–Kier alpha value is -2.09. The van der Waals surface area contributed by atoms with Gasteiger partial charge in [-0.05, 0) is 54.7 Å². The van der Waals surface area contributed by atoms with Crippen molar-refractivity contribution in [3.8, 4) is 5.75 Å². The maximum Gasteiger partial charge on any atom is 0.119 e. The molecule has 0 amide bonds. The van der Waals surface area contributed by atoms with E-state index in [4.69, 9.17) is 4.74 Å². The smallest absolute Gasteiger partial charge is 0.119 e. The third kappa shape index (κ3) is 6.57. The van der Waals surface area contributed by atoms with Gasteiger partial charge in [0.1, 0.15) is 5.75 Å². The molecule has 0 bridgehead atoms. The molecule has 0 fully saturated rings. The highest BCUT2D eigenvalue weighted by atomic mass is 16.5. The van der Waals surface area contributed by atoms with Gasteiger partial charge in [0.25, 0.3) is 0 Å². The van der Waals surface area contributed by atoms with Crippen LogP contribution < -0.4 is 4.74 Å². The molecule has 24 heavy (non-hydrogen) atoms. The van der Waals surface area contributed by atoms with E-state index in [1.54, 1.807) is 0 Å². The summed E-state index contributed by atoms with van der Waals surface area (Å²) in [4.78, 5) is 4.53. The van der Waals surface area contributed by atoms with E-state index in [9.17, 15) is 0 Å². The Morgan fingerprint density at radius 1 is 0.875 bits per heavy atom. The standard InChI is InChI=1S/C22H29NO/c1-3-5-7-8-20-10-14-21(23-18-20)13-9-19-11-15-22(16-12-19)24-17-6-4-2/h9-16,18H,3-8,17H2,1-2H3. The van der Waals surface area contributed by atoms with E-state index in [2.05, 4.69) is 55.2 Å². The van der Waals surface area contributed by atoms with Crippen molar-refractivity contribution in [2.75, 3.05) is 6.61 Å². The highest BCUT2D eigenvalue weighted by molar-refractivity contribution is 5.68. The van der Waals surface area contributed by atoms with E-state index in [0.717, 1.165) is 42.9 Å². The minimum atomic E-state index is 0.792. The van der Waals surface area contributed by atoms with Crippen molar-refractivity contribution in [3.05, 3.63) is 59.4 Å². The second-order valence-electron chi connectivity index (χ2n) is 6.15. The highest BCUT2D eigenvalue weighted by Gasteiger charge is 1.96. The number of rotatable bonds is 10. The van der Waals surface area contributed by atoms with Crippen LogP contribution in [0, 0.1) is 0 Å². The van der Waals surface area contributed by atoms with Crippen molar-refractivity contribution in [2.45, 2.75) is 52.4 Å². The summed E-state index contributed by atoms with van der Waals surface area (Å²) in [6.45, 7) is 5.19. The Morgan fingerprint density at radius 2 is 1.67 bits per heavy atom. The van der Waals surface area contributed by atoms with Crippen molar-refractivity contribution in [3.63, 3.8) is 0 Å². The molecule has 0 saturated carbocycles. The van der Waals surface area contributed by atoms with Gasteiger partial charge >= 0.3 is 0 Å². The van der Waals surface area contributed by atoms with Crippen LogP contribution in [0.5, 0.6) is 5.75 Å². The first-order chi connectivity index (χ1) is 11.8. The largest absolute Gasteiger partial charge is 0.494 e. The summed E-state index contributed by atoms with van der Waals surface area (Å²) < 4.78 is 5.68. The Bertz CT molecular complexity index is 543. The number of pyridine rings is 1. The van der Waals surface area contributed by atoms with Gasteiger partial charge in [-0.15, -0.1) is 0 Å². The quantitative estimate of drug-likeness (QED) is 0.488. The summed E-state index contributed by atoms with van der Waals surface area (Å²) in [5.74, 6) is 0.940. The van der Waals surface area contributed by atoms with Crippen molar-refractivity contribution in [1.29, 1.82) is 0 Å². The third-order valence-corrected chi connectivity index (χ3v) is 4.01. The van der Waals surface area contributed by atoms with Gasteiger partial charge in [-0.2, -0.15) is 0 Å². The molecule has 0 aliphatic carbocycles. The van der Waals surface area contributed by atoms with Crippen LogP contribution in [0.25, 0.3) is 12.2 Å². The fourth-order valence-corrected chi connectivity index (χ4v) is 2.45. The molecule has 128 valence electrons. The Kier molecular flexibility index (Phi) is 8.09. The molecule has 1 aromatic carbocycles. The number of nitrogens with zero attached hydrogens (tertiary/aromatic N) is 1. The summed E-state index contributed by atoms with van der Waals surface area (Å²) in [7, 11) is 0. The van der Waals surface area contributed by atoms with Gasteiger partial charge in [0.05, 0.1) is 12.3 Å². The lowest BCUT2D eigenvalue weighted by Gasteiger charge is -2.05. The molecule has 0 saturated heterocycles. The molecule has 0 atom stereocenters. The van der Waals surface area contributed by atoms with Gasteiger partial charge in [0.15, 0.2) is 0 Å². The fourth-order valence-electron chi connectivity index (χ4n) is 2.45. The predicted octanol–water partition coefficient (Wildman–Crippen LogP) is 6.16. The zero-order valence-corrected chi connectivity index (χ0v) is 15.0. The normalized spacial score (nSPS) is 11.1. The first-order valence-corrected chi connectivity index (χ1v) is 9.17. The molecule has 1 aromatic heterocycles. The lowest BCUT2D eigenvalue weighted by molar-refractivity contribution is 0.309. The number of hydrogen-bond donors (Lipinski definition) is 0. The van der Waals surface area contributed by atoms with Crippen LogP contribution >= 0.6 is 0 Å². The van der Waals surface area contributed by atoms with Gasteiger partial charge in [0.2, 0.25) is 0 Å². The van der Waals surface area contributed by atoms with Gasteiger partial charge in [0, 0.05) is 6.20 Å². The lowest BCUT2D eigenvalue weighted by atomic mass is 10.1. The van der Waals surface area contributed by atoms with E-state index in [1.165, 1.54) is 24.8 Å². The lowest BCUT2D eigenvalue weighted by Crippen LogP contribution is -1.95. The zero-order chi connectivity index (χ0) is 17.0. The second kappa shape index (κ2) is 10.6. The van der Waals surface area contributed by atoms with E-state index in [1.807, 2.05) is 18.3 Å². The Morgan fingerprint density at radius 3 is 2.33 bits per heavy atom. The van der Waals surface area contributed by atoms with Crippen LogP contribution in [0.15, 0.2) is 42.6 Å². The number of aryl methyl sites for hydroxylation is 1. The van der Waals surface area contributed by atoms with Crippen molar-refractivity contribution in [1.82, 2.24) is 4.98 Å². The number of benzene rings is 1. The Balaban J connectivity index is 1.86. The summed E-state index contributed by atoms with van der Waals surface area (Å²) in [5.41, 5.74) is 3.48. The molecule has 2 aromatic rings. The molecule has 0 spiro atoms. The maximum absolute atomic E-state index is 5.68. The minimum absolute atomic E-state index is 0.792. The van der Waals surface area contributed by atoms with Crippen molar-refractivity contribution in [2.24, 2.45) is 0 Å². The molecule has 0 aliphatic heterocycles. The molecule has 2 nitrogen and oxygen atoms in total. The van der Waals surface area contributed by atoms with Crippen LogP contribution in [-0.4, -0.2) is 11.6 Å². The van der Waals surface area contributed by atoms with Gasteiger partial charge in [-0.3, -0.25) is 4.98 Å². The van der Waals surface area contributed by atoms with E-state index in [0.29, 0.717) is 0 Å². The molecule has 0 N–H and O–H groups in total. The highest BCUT2D eigenvalue weighted by Crippen LogP contribution is 2.15. The topological polar surface area (TPSA) is 22.1 Å². The molecule has 1 heterocycles. The fraction of sp³-hybridized carbons (Fsp3) is 0.409. The van der Waals surface area contributed by atoms with Crippen molar-refractivity contribution >= 4 is 12.2 Å². The van der Waals surface area contributed by atoms with Crippen LogP contribution in [0.1, 0.15) is 62.8 Å². The predicted molar refractivity (Wildman–Crippen MR) is 103 cm³/mol. The molecule has 2 rings (SSSR count). The molecular weight excluding hydrogens is 294 g/mol. The van der Waals surface area contributed by atoms with Crippen LogP contribution in [0.2, 0.25) is 0 Å². The first-order valence-electron chi connectivity index (χ1n) is 9.17. The average molecular weight is 323 g/mol. The summed E-state index contributed by atoms with van der Waals surface area (Å²) in [6.07, 6.45) is 13.3. The molecule has 0 unspecified atom stereocenters. The summed E-state index contributed by atoms with van der Waals surface area (Å²) in [6, 6.07) is 12.5. The molecule has 2 heteroatoms. The first kappa shape index (κ1) is 18.3. The van der Waals surface area contributed by atoms with E-state index >= 15 is 0 Å². The Labute approximate surface area is 146 Å². The van der Waals surface area contributed by atoms with Crippen LogP contribution in [0.4, 0.5) is 0 Å². The number of ether oxygens (including phenoxy) is 1. The zero-order valence-electron chi connectivity index (χ0n) is 15.0. The molecular formula is C22H29NO.